The predicted molar refractivity (Wildman–Crippen MR) is 74.6 cm³/mol. The Balaban J connectivity index is 3.01. The molecule has 0 atom stereocenters. The van der Waals surface area contributed by atoms with E-state index in [0.717, 1.165) is 6.07 Å². The van der Waals surface area contributed by atoms with Crippen molar-refractivity contribution in [2.75, 3.05) is 19.8 Å². The number of carbonyl (C=O) groups excluding carboxylic acids is 1. The van der Waals surface area contributed by atoms with Gasteiger partial charge < -0.3 is 9.47 Å². The Morgan fingerprint density at radius 2 is 1.95 bits per heavy atom. The smallest absolute Gasteiger partial charge is 0.339 e. The molecule has 0 heterocycles. The second-order valence-corrected chi connectivity index (χ2v) is 5.99. The Morgan fingerprint density at radius 1 is 1.30 bits per heavy atom. The molecule has 112 valence electrons. The lowest BCUT2D eigenvalue weighted by Crippen LogP contribution is -2.16. The minimum atomic E-state index is -4.09. The lowest BCUT2D eigenvalue weighted by Gasteiger charge is -2.09. The van der Waals surface area contributed by atoms with Crippen LogP contribution in [0.3, 0.4) is 0 Å². The van der Waals surface area contributed by atoms with Gasteiger partial charge >= 0.3 is 5.97 Å². The fraction of sp³-hybridized carbons (Fsp3) is 0.364. The summed E-state index contributed by atoms with van der Waals surface area (Å²) in [7, 11) is -4.09. The third-order valence-electron chi connectivity index (χ3n) is 2.20. The lowest BCUT2D eigenvalue weighted by molar-refractivity contribution is 0.0335. The van der Waals surface area contributed by atoms with Crippen molar-refractivity contribution in [2.45, 2.75) is 11.8 Å². The molecule has 0 unspecified atom stereocenters. The molecule has 1 rings (SSSR count). The van der Waals surface area contributed by atoms with Gasteiger partial charge in [0.2, 0.25) is 10.0 Å². The van der Waals surface area contributed by atoms with Gasteiger partial charge in [0.05, 0.1) is 17.2 Å². The average Bonchev–Trinajstić information content (AvgIpc) is 2.35. The van der Waals surface area contributed by atoms with Crippen LogP contribution in [-0.2, 0) is 19.5 Å². The molecule has 0 aliphatic heterocycles. The van der Waals surface area contributed by atoms with Gasteiger partial charge in [-0.25, -0.2) is 18.4 Å². The number of esters is 1. The Labute approximate surface area is 126 Å². The molecule has 1 aromatic rings. The van der Waals surface area contributed by atoms with E-state index in [-0.39, 0.29) is 28.8 Å². The maximum atomic E-state index is 11.8. The van der Waals surface area contributed by atoms with Crippen LogP contribution in [0.2, 0.25) is 10.0 Å². The second-order valence-electron chi connectivity index (χ2n) is 3.64. The molecule has 6 nitrogen and oxygen atoms in total. The molecule has 0 radical (unpaired) electrons. The number of hydrogen-bond donors (Lipinski definition) is 1. The zero-order valence-corrected chi connectivity index (χ0v) is 12.9. The van der Waals surface area contributed by atoms with E-state index in [1.165, 1.54) is 6.07 Å². The van der Waals surface area contributed by atoms with Gasteiger partial charge in [-0.15, -0.1) is 0 Å². The van der Waals surface area contributed by atoms with Crippen molar-refractivity contribution in [1.82, 2.24) is 0 Å². The largest absolute Gasteiger partial charge is 0.460 e. The Kier molecular flexibility index (Phi) is 6.22. The van der Waals surface area contributed by atoms with Gasteiger partial charge in [0.15, 0.2) is 0 Å². The van der Waals surface area contributed by atoms with E-state index in [0.29, 0.717) is 6.61 Å². The molecule has 0 fully saturated rings. The standard InChI is InChI=1S/C11H13Cl2NO5S/c1-2-18-3-4-19-11(15)8-5-7(12)6-9(10(8)13)20(14,16)17/h5-6H,2-4H2,1H3,(H2,14,16,17). The van der Waals surface area contributed by atoms with Gasteiger partial charge in [0.1, 0.15) is 11.5 Å². The van der Waals surface area contributed by atoms with E-state index in [9.17, 15) is 13.2 Å². The molecule has 9 heteroatoms. The van der Waals surface area contributed by atoms with Crippen LogP contribution in [0.1, 0.15) is 17.3 Å². The Bertz CT molecular complexity index is 603. The summed E-state index contributed by atoms with van der Waals surface area (Å²) in [5.74, 6) is -0.804. The highest BCUT2D eigenvalue weighted by Crippen LogP contribution is 2.29. The van der Waals surface area contributed by atoms with E-state index < -0.39 is 20.9 Å². The van der Waals surface area contributed by atoms with Crippen LogP contribution >= 0.6 is 23.2 Å². The zero-order chi connectivity index (χ0) is 15.3. The zero-order valence-electron chi connectivity index (χ0n) is 10.6. The SMILES string of the molecule is CCOCCOC(=O)c1cc(Cl)cc(S(N)(=O)=O)c1Cl. The first-order valence-electron chi connectivity index (χ1n) is 5.54. The third kappa shape index (κ3) is 4.60. The summed E-state index contributed by atoms with van der Waals surface area (Å²) in [6.45, 7) is 2.53. The van der Waals surface area contributed by atoms with E-state index in [2.05, 4.69) is 0 Å². The van der Waals surface area contributed by atoms with Gasteiger partial charge in [-0.05, 0) is 19.1 Å². The van der Waals surface area contributed by atoms with Crippen LogP contribution in [0.25, 0.3) is 0 Å². The normalized spacial score (nSPS) is 11.4. The van der Waals surface area contributed by atoms with Gasteiger partial charge in [0, 0.05) is 11.6 Å². The van der Waals surface area contributed by atoms with E-state index in [1.807, 2.05) is 0 Å². The molecule has 0 aliphatic rings. The quantitative estimate of drug-likeness (QED) is 0.629. The maximum absolute atomic E-state index is 11.8. The number of rotatable bonds is 6. The highest BCUT2D eigenvalue weighted by atomic mass is 35.5. The van der Waals surface area contributed by atoms with E-state index >= 15 is 0 Å². The van der Waals surface area contributed by atoms with Crippen LogP contribution < -0.4 is 5.14 Å². The van der Waals surface area contributed by atoms with E-state index in [4.69, 9.17) is 37.8 Å². The molecule has 0 aliphatic carbocycles. The van der Waals surface area contributed by atoms with Crippen molar-refractivity contribution in [3.63, 3.8) is 0 Å². The van der Waals surface area contributed by atoms with Crippen LogP contribution in [0.5, 0.6) is 0 Å². The van der Waals surface area contributed by atoms with Crippen LogP contribution in [0.15, 0.2) is 17.0 Å². The molecule has 0 bridgehead atoms. The average molecular weight is 342 g/mol. The maximum Gasteiger partial charge on any atom is 0.339 e. The molecule has 0 amide bonds. The fourth-order valence-electron chi connectivity index (χ4n) is 1.34. The summed E-state index contributed by atoms with van der Waals surface area (Å²) in [5.41, 5.74) is -0.167. The van der Waals surface area contributed by atoms with Crippen molar-refractivity contribution >= 4 is 39.2 Å². The third-order valence-corrected chi connectivity index (χ3v) is 3.87. The summed E-state index contributed by atoms with van der Waals surface area (Å²) in [6.07, 6.45) is 0. The number of sulfonamides is 1. The molecule has 0 spiro atoms. The molecular weight excluding hydrogens is 329 g/mol. The highest BCUT2D eigenvalue weighted by Gasteiger charge is 2.22. The lowest BCUT2D eigenvalue weighted by atomic mass is 10.2. The second kappa shape index (κ2) is 7.24. The number of halogens is 2. The first-order chi connectivity index (χ1) is 9.27. The van der Waals surface area contributed by atoms with Crippen molar-refractivity contribution in [3.05, 3.63) is 27.7 Å². The fourth-order valence-corrected chi connectivity index (χ4v) is 2.78. The monoisotopic (exact) mass is 341 g/mol. The summed E-state index contributed by atoms with van der Waals surface area (Å²) < 4.78 is 32.6. The molecular formula is C11H13Cl2NO5S. The molecule has 2 N–H and O–H groups in total. The molecule has 20 heavy (non-hydrogen) atoms. The van der Waals surface area contributed by atoms with Crippen molar-refractivity contribution < 1.29 is 22.7 Å². The summed E-state index contributed by atoms with van der Waals surface area (Å²) in [6, 6.07) is 2.28. The predicted octanol–water partition coefficient (Wildman–Crippen LogP) is 1.83. The highest BCUT2D eigenvalue weighted by molar-refractivity contribution is 7.89. The molecule has 0 aromatic heterocycles. The molecule has 0 saturated heterocycles. The van der Waals surface area contributed by atoms with Crippen LogP contribution in [-0.4, -0.2) is 34.2 Å². The molecule has 0 saturated carbocycles. The minimum absolute atomic E-state index is 0.00943. The summed E-state index contributed by atoms with van der Waals surface area (Å²) in [4.78, 5) is 11.4. The Morgan fingerprint density at radius 3 is 2.50 bits per heavy atom. The topological polar surface area (TPSA) is 95.7 Å². The van der Waals surface area contributed by atoms with E-state index in [1.54, 1.807) is 6.92 Å². The summed E-state index contributed by atoms with van der Waals surface area (Å²) >= 11 is 11.6. The van der Waals surface area contributed by atoms with Crippen molar-refractivity contribution in [3.8, 4) is 0 Å². The molecule has 1 aromatic carbocycles. The first-order valence-corrected chi connectivity index (χ1v) is 7.84. The number of primary sulfonamides is 1. The van der Waals surface area contributed by atoms with Gasteiger partial charge in [0.25, 0.3) is 0 Å². The number of carbonyl (C=O) groups is 1. The number of benzene rings is 1. The van der Waals surface area contributed by atoms with Gasteiger partial charge in [-0.1, -0.05) is 23.2 Å². The number of nitrogens with two attached hydrogens (primary N) is 1. The Hall–Kier alpha value is -0.860. The minimum Gasteiger partial charge on any atom is -0.460 e. The van der Waals surface area contributed by atoms with Crippen molar-refractivity contribution in [2.24, 2.45) is 5.14 Å². The number of hydrogen-bond acceptors (Lipinski definition) is 5. The van der Waals surface area contributed by atoms with Crippen molar-refractivity contribution in [1.29, 1.82) is 0 Å². The summed E-state index contributed by atoms with van der Waals surface area (Å²) in [5, 5.41) is 4.68. The van der Waals surface area contributed by atoms with Crippen LogP contribution in [0, 0.1) is 0 Å². The van der Waals surface area contributed by atoms with Crippen LogP contribution in [0.4, 0.5) is 0 Å². The van der Waals surface area contributed by atoms with Gasteiger partial charge in [-0.3, -0.25) is 0 Å². The first kappa shape index (κ1) is 17.2. The number of ether oxygens (including phenoxy) is 2. The van der Waals surface area contributed by atoms with Gasteiger partial charge in [-0.2, -0.15) is 0 Å².